The van der Waals surface area contributed by atoms with E-state index < -0.39 is 37.1 Å². The third-order valence-electron chi connectivity index (χ3n) is 3.33. The van der Waals surface area contributed by atoms with E-state index in [2.05, 4.69) is 29.7 Å². The zero-order chi connectivity index (χ0) is 15.8. The zero-order valence-electron chi connectivity index (χ0n) is 12.1. The summed E-state index contributed by atoms with van der Waals surface area (Å²) in [7, 11) is 0. The fourth-order valence-corrected chi connectivity index (χ4v) is 3.14. The van der Waals surface area contributed by atoms with Crippen LogP contribution in [0.5, 0.6) is 0 Å². The summed E-state index contributed by atoms with van der Waals surface area (Å²) in [6.45, 7) is 2.91. The average Bonchev–Trinajstić information content (AvgIpc) is 2.64. The summed E-state index contributed by atoms with van der Waals surface area (Å²) in [4.78, 5) is 15.3. The number of hydrogen-bond acceptors (Lipinski definition) is 7. The van der Waals surface area contributed by atoms with Gasteiger partial charge in [-0.05, 0) is 25.9 Å². The van der Waals surface area contributed by atoms with Crippen LogP contribution in [0.4, 0.5) is 5.82 Å². The van der Waals surface area contributed by atoms with E-state index >= 15 is 0 Å². The molecule has 1 unspecified atom stereocenters. The molecular weight excluding hydrogens is 295 g/mol. The SMILES string of the molecule is C=P(C)(C)CC[C@H]1OC(n2ncc(N)nc2=O)[C@H](O)[C@@H]1O. The van der Waals surface area contributed by atoms with Crippen LogP contribution >= 0.6 is 6.89 Å². The van der Waals surface area contributed by atoms with Gasteiger partial charge in [0.1, 0.15) is 18.0 Å². The molecule has 118 valence electrons. The lowest BCUT2D eigenvalue weighted by Gasteiger charge is -2.18. The van der Waals surface area contributed by atoms with Crippen molar-refractivity contribution in [2.75, 3.05) is 25.2 Å². The van der Waals surface area contributed by atoms with Crippen molar-refractivity contribution in [2.24, 2.45) is 0 Å². The first-order valence-electron chi connectivity index (χ1n) is 6.59. The molecule has 0 aliphatic carbocycles. The Balaban J connectivity index is 2.16. The smallest absolute Gasteiger partial charge is 0.368 e. The van der Waals surface area contributed by atoms with Crippen molar-refractivity contribution in [1.29, 1.82) is 0 Å². The standard InChI is InChI=1S/C12H21N4O4P/c1-21(2,3)5-4-7-9(17)10(18)11(20-7)16-12(19)15-8(13)6-14-16/h6-7,9-11,17-18H,1,4-5H2,2-3H3,(H2,13,15,19)/t7-,9-,10-,11?/m1/s1. The molecule has 1 aromatic rings. The molecule has 1 aromatic heterocycles. The second kappa shape index (κ2) is 5.88. The Labute approximate surface area is 122 Å². The minimum atomic E-state index is -1.26. The third kappa shape index (κ3) is 3.71. The highest BCUT2D eigenvalue weighted by molar-refractivity contribution is 7.72. The molecule has 0 bridgehead atoms. The summed E-state index contributed by atoms with van der Waals surface area (Å²) < 4.78 is 6.50. The maximum Gasteiger partial charge on any atom is 0.368 e. The molecule has 21 heavy (non-hydrogen) atoms. The molecule has 1 fully saturated rings. The number of nitrogens with two attached hydrogens (primary N) is 1. The minimum absolute atomic E-state index is 0.00978. The highest BCUT2D eigenvalue weighted by atomic mass is 31.2. The number of anilines is 1. The lowest BCUT2D eigenvalue weighted by molar-refractivity contribution is -0.0483. The van der Waals surface area contributed by atoms with Gasteiger partial charge in [0.05, 0.1) is 12.3 Å². The summed E-state index contributed by atoms with van der Waals surface area (Å²) in [5.74, 6) is -0.00978. The first-order valence-corrected chi connectivity index (χ1v) is 9.65. The van der Waals surface area contributed by atoms with Gasteiger partial charge in [-0.2, -0.15) is 14.8 Å². The van der Waals surface area contributed by atoms with E-state index in [0.717, 1.165) is 10.8 Å². The van der Waals surface area contributed by atoms with E-state index in [9.17, 15) is 15.0 Å². The van der Waals surface area contributed by atoms with E-state index in [-0.39, 0.29) is 5.82 Å². The second-order valence-corrected chi connectivity index (χ2v) is 10.2. The van der Waals surface area contributed by atoms with Crippen LogP contribution in [0, 0.1) is 0 Å². The van der Waals surface area contributed by atoms with Crippen molar-refractivity contribution in [1.82, 2.24) is 14.8 Å². The van der Waals surface area contributed by atoms with Crippen LogP contribution in [0.1, 0.15) is 12.6 Å². The van der Waals surface area contributed by atoms with Crippen LogP contribution in [-0.4, -0.2) is 69.1 Å². The molecule has 0 spiro atoms. The van der Waals surface area contributed by atoms with Gasteiger partial charge in [-0.25, -0.2) is 4.79 Å². The first kappa shape index (κ1) is 16.2. The van der Waals surface area contributed by atoms with Gasteiger partial charge in [-0.15, -0.1) is 13.2 Å². The largest absolute Gasteiger partial charge is 0.388 e. The summed E-state index contributed by atoms with van der Waals surface area (Å²) >= 11 is 0. The number of aromatic nitrogens is 3. The van der Waals surface area contributed by atoms with Crippen molar-refractivity contribution in [3.05, 3.63) is 16.7 Å². The number of ether oxygens (including phenoxy) is 1. The number of nitrogen functional groups attached to an aromatic ring is 1. The molecule has 1 saturated heterocycles. The lowest BCUT2D eigenvalue weighted by atomic mass is 10.1. The van der Waals surface area contributed by atoms with E-state index in [4.69, 9.17) is 10.5 Å². The molecular formula is C12H21N4O4P. The van der Waals surface area contributed by atoms with E-state index in [1.807, 2.05) is 0 Å². The van der Waals surface area contributed by atoms with Gasteiger partial charge in [0, 0.05) is 0 Å². The minimum Gasteiger partial charge on any atom is -0.388 e. The molecule has 2 rings (SSSR count). The van der Waals surface area contributed by atoms with Crippen molar-refractivity contribution < 1.29 is 14.9 Å². The summed E-state index contributed by atoms with van der Waals surface area (Å²) in [6.07, 6.45) is 2.74. The van der Waals surface area contributed by atoms with Crippen LogP contribution in [0.3, 0.4) is 0 Å². The Hall–Kier alpha value is -1.21. The van der Waals surface area contributed by atoms with Crippen molar-refractivity contribution >= 4 is 19.0 Å². The molecule has 4 N–H and O–H groups in total. The van der Waals surface area contributed by atoms with E-state index in [1.165, 1.54) is 6.20 Å². The Morgan fingerprint density at radius 3 is 2.71 bits per heavy atom. The number of rotatable bonds is 4. The van der Waals surface area contributed by atoms with E-state index in [0.29, 0.717) is 6.42 Å². The van der Waals surface area contributed by atoms with Gasteiger partial charge in [-0.1, -0.05) is 0 Å². The summed E-state index contributed by atoms with van der Waals surface area (Å²) in [5, 5.41) is 23.9. The van der Waals surface area contributed by atoms with Crippen LogP contribution < -0.4 is 11.4 Å². The Morgan fingerprint density at radius 2 is 2.14 bits per heavy atom. The third-order valence-corrected chi connectivity index (χ3v) is 4.80. The highest BCUT2D eigenvalue weighted by Gasteiger charge is 2.44. The Bertz CT molecular complexity index is 614. The molecule has 8 nitrogen and oxygen atoms in total. The summed E-state index contributed by atoms with van der Waals surface area (Å²) in [6, 6.07) is 0. The van der Waals surface area contributed by atoms with Gasteiger partial charge < -0.3 is 20.7 Å². The maximum atomic E-state index is 11.7. The molecule has 2 heterocycles. The predicted molar refractivity (Wildman–Crippen MR) is 82.0 cm³/mol. The van der Waals surface area contributed by atoms with Crippen LogP contribution in [0.15, 0.2) is 11.0 Å². The van der Waals surface area contributed by atoms with E-state index in [1.54, 1.807) is 0 Å². The molecule has 0 amide bonds. The molecule has 1 aliphatic heterocycles. The number of aliphatic hydroxyl groups is 2. The summed E-state index contributed by atoms with van der Waals surface area (Å²) in [5.41, 5.74) is 4.64. The molecule has 9 heteroatoms. The van der Waals surface area contributed by atoms with Crippen LogP contribution in [0.25, 0.3) is 0 Å². The predicted octanol–water partition coefficient (Wildman–Crippen LogP) is -1.06. The molecule has 4 atom stereocenters. The van der Waals surface area contributed by atoms with Gasteiger partial charge in [0.15, 0.2) is 6.23 Å². The van der Waals surface area contributed by atoms with Gasteiger partial charge in [-0.3, -0.25) is 0 Å². The monoisotopic (exact) mass is 316 g/mol. The Morgan fingerprint density at radius 1 is 1.48 bits per heavy atom. The van der Waals surface area contributed by atoms with Crippen molar-refractivity contribution in [2.45, 2.75) is 31.0 Å². The molecule has 0 aromatic carbocycles. The zero-order valence-corrected chi connectivity index (χ0v) is 13.0. The maximum absolute atomic E-state index is 11.7. The van der Waals surface area contributed by atoms with Gasteiger partial charge in [0.25, 0.3) is 0 Å². The van der Waals surface area contributed by atoms with Gasteiger partial charge >= 0.3 is 5.69 Å². The second-order valence-electron chi connectivity index (χ2n) is 5.90. The molecule has 0 saturated carbocycles. The van der Waals surface area contributed by atoms with Crippen molar-refractivity contribution in [3.8, 4) is 0 Å². The Kier molecular flexibility index (Phi) is 4.53. The molecule has 0 radical (unpaired) electrons. The lowest BCUT2D eigenvalue weighted by Crippen LogP contribution is -2.37. The van der Waals surface area contributed by atoms with Crippen LogP contribution in [-0.2, 0) is 4.74 Å². The quantitative estimate of drug-likeness (QED) is 0.605. The normalized spacial score (nSPS) is 29.7. The van der Waals surface area contributed by atoms with Crippen molar-refractivity contribution in [3.63, 3.8) is 0 Å². The average molecular weight is 316 g/mol. The number of aliphatic hydroxyl groups excluding tert-OH is 2. The number of nitrogens with zero attached hydrogens (tertiary/aromatic N) is 3. The molecule has 1 aliphatic rings. The number of hydrogen-bond donors (Lipinski definition) is 3. The topological polar surface area (TPSA) is 123 Å². The van der Waals surface area contributed by atoms with Gasteiger partial charge in [0.2, 0.25) is 0 Å². The fourth-order valence-electron chi connectivity index (χ4n) is 2.18. The highest BCUT2D eigenvalue weighted by Crippen LogP contribution is 2.39. The fraction of sp³-hybridized carbons (Fsp3) is 0.667. The van der Waals surface area contributed by atoms with Crippen LogP contribution in [0.2, 0.25) is 0 Å². The first-order chi connectivity index (χ1) is 9.69.